The summed E-state index contributed by atoms with van der Waals surface area (Å²) >= 11 is 0. The summed E-state index contributed by atoms with van der Waals surface area (Å²) in [6.45, 7) is 2.41. The lowest BCUT2D eigenvalue weighted by molar-refractivity contribution is -0.121. The van der Waals surface area contributed by atoms with E-state index in [-0.39, 0.29) is 5.91 Å². The minimum atomic E-state index is -0.765. The molecule has 100 valence electrons. The monoisotopic (exact) mass is 264 g/mol. The summed E-state index contributed by atoms with van der Waals surface area (Å²) in [5.41, 5.74) is 2.85. The topological polar surface area (TPSA) is 52.9 Å². The second-order valence-electron chi connectivity index (χ2n) is 4.68. The quantitative estimate of drug-likeness (QED) is 0.923. The first-order valence-electron chi connectivity index (χ1n) is 6.48. The Kier molecular flexibility index (Phi) is 4.52. The van der Waals surface area contributed by atoms with Gasteiger partial charge >= 0.3 is 0 Å². The van der Waals surface area contributed by atoms with Gasteiger partial charge in [-0.3, -0.25) is 4.79 Å². The third-order valence-corrected chi connectivity index (χ3v) is 3.11. The van der Waals surface area contributed by atoms with E-state index in [4.69, 9.17) is 0 Å². The van der Waals surface area contributed by atoms with Crippen molar-refractivity contribution in [3.8, 4) is 6.07 Å². The highest BCUT2D eigenvalue weighted by molar-refractivity contribution is 5.86. The Bertz CT molecular complexity index is 612. The van der Waals surface area contributed by atoms with Crippen LogP contribution in [-0.4, -0.2) is 5.91 Å². The molecule has 20 heavy (non-hydrogen) atoms. The highest BCUT2D eigenvalue weighted by Gasteiger charge is 2.19. The van der Waals surface area contributed by atoms with Crippen LogP contribution in [0, 0.1) is 18.3 Å². The molecule has 0 saturated carbocycles. The minimum Gasteiger partial charge on any atom is -0.351 e. The third kappa shape index (κ3) is 3.46. The minimum absolute atomic E-state index is 0.264. The maximum absolute atomic E-state index is 12.1. The van der Waals surface area contributed by atoms with E-state index in [2.05, 4.69) is 11.4 Å². The van der Waals surface area contributed by atoms with Crippen LogP contribution in [0.5, 0.6) is 0 Å². The molecule has 1 N–H and O–H groups in total. The summed E-state index contributed by atoms with van der Waals surface area (Å²) < 4.78 is 0. The summed E-state index contributed by atoms with van der Waals surface area (Å²) in [5.74, 6) is -1.03. The highest BCUT2D eigenvalue weighted by atomic mass is 16.1. The van der Waals surface area contributed by atoms with Gasteiger partial charge < -0.3 is 5.32 Å². The first-order valence-corrected chi connectivity index (χ1v) is 6.48. The molecule has 0 aliphatic rings. The summed E-state index contributed by atoms with van der Waals surface area (Å²) in [4.78, 5) is 12.1. The zero-order valence-electron chi connectivity index (χ0n) is 11.3. The molecule has 0 bridgehead atoms. The Labute approximate surface area is 118 Å². The molecular formula is C17H16N2O. The van der Waals surface area contributed by atoms with Gasteiger partial charge in [-0.05, 0) is 18.1 Å². The molecule has 0 aromatic heterocycles. The molecule has 3 heteroatoms. The molecular weight excluding hydrogens is 248 g/mol. The largest absolute Gasteiger partial charge is 0.351 e. The van der Waals surface area contributed by atoms with E-state index >= 15 is 0 Å². The fourth-order valence-corrected chi connectivity index (χ4v) is 1.93. The molecule has 0 heterocycles. The van der Waals surface area contributed by atoms with Crippen LogP contribution in [0.2, 0.25) is 0 Å². The van der Waals surface area contributed by atoms with E-state index < -0.39 is 5.92 Å². The zero-order valence-corrected chi connectivity index (χ0v) is 11.3. The number of rotatable bonds is 4. The van der Waals surface area contributed by atoms with Gasteiger partial charge in [0, 0.05) is 6.54 Å². The molecule has 0 aliphatic heterocycles. The predicted molar refractivity (Wildman–Crippen MR) is 77.8 cm³/mol. The van der Waals surface area contributed by atoms with Crippen LogP contribution in [0.1, 0.15) is 22.6 Å². The zero-order chi connectivity index (χ0) is 14.4. The molecule has 2 aromatic rings. The number of hydrogen-bond acceptors (Lipinski definition) is 2. The second kappa shape index (κ2) is 6.53. The van der Waals surface area contributed by atoms with Crippen molar-refractivity contribution in [2.24, 2.45) is 0 Å². The lowest BCUT2D eigenvalue weighted by Crippen LogP contribution is -2.28. The molecule has 0 aliphatic carbocycles. The molecule has 1 unspecified atom stereocenters. The van der Waals surface area contributed by atoms with E-state index in [1.54, 1.807) is 0 Å². The summed E-state index contributed by atoms with van der Waals surface area (Å²) in [5, 5.41) is 12.0. The second-order valence-corrected chi connectivity index (χ2v) is 4.68. The van der Waals surface area contributed by atoms with Gasteiger partial charge in [-0.2, -0.15) is 5.26 Å². The van der Waals surface area contributed by atoms with Crippen molar-refractivity contribution >= 4 is 5.91 Å². The van der Waals surface area contributed by atoms with Crippen molar-refractivity contribution < 1.29 is 4.79 Å². The number of amides is 1. The molecule has 0 saturated heterocycles. The fourth-order valence-electron chi connectivity index (χ4n) is 1.93. The van der Waals surface area contributed by atoms with Gasteiger partial charge in [-0.15, -0.1) is 0 Å². The maximum Gasteiger partial charge on any atom is 0.242 e. The van der Waals surface area contributed by atoms with Gasteiger partial charge in [-0.25, -0.2) is 0 Å². The number of nitriles is 1. The van der Waals surface area contributed by atoms with Crippen LogP contribution >= 0.6 is 0 Å². The van der Waals surface area contributed by atoms with Crippen molar-refractivity contribution in [3.63, 3.8) is 0 Å². The molecule has 2 aromatic carbocycles. The van der Waals surface area contributed by atoms with Gasteiger partial charge in [0.05, 0.1) is 6.07 Å². The van der Waals surface area contributed by atoms with Crippen molar-refractivity contribution in [1.82, 2.24) is 5.32 Å². The van der Waals surface area contributed by atoms with Crippen LogP contribution in [0.15, 0.2) is 54.6 Å². The average Bonchev–Trinajstić information content (AvgIpc) is 2.49. The van der Waals surface area contributed by atoms with E-state index in [9.17, 15) is 10.1 Å². The standard InChI is InChI=1S/C17H16N2O/c1-13-7-9-15(10-8-13)16(11-18)17(20)19-12-14-5-3-2-4-6-14/h2-10,16H,12H2,1H3,(H,19,20). The van der Waals surface area contributed by atoms with Crippen molar-refractivity contribution in [3.05, 3.63) is 71.3 Å². The molecule has 0 spiro atoms. The first-order chi connectivity index (χ1) is 9.70. The molecule has 3 nitrogen and oxygen atoms in total. The van der Waals surface area contributed by atoms with Gasteiger partial charge in [-0.1, -0.05) is 60.2 Å². The Morgan fingerprint density at radius 1 is 1.15 bits per heavy atom. The van der Waals surface area contributed by atoms with E-state index in [0.717, 1.165) is 16.7 Å². The Hall–Kier alpha value is -2.60. The third-order valence-electron chi connectivity index (χ3n) is 3.11. The van der Waals surface area contributed by atoms with Gasteiger partial charge in [0.15, 0.2) is 0 Å². The fraction of sp³-hybridized carbons (Fsp3) is 0.176. The Morgan fingerprint density at radius 3 is 2.40 bits per heavy atom. The normalized spacial score (nSPS) is 11.4. The number of nitrogens with zero attached hydrogens (tertiary/aromatic N) is 1. The van der Waals surface area contributed by atoms with Crippen LogP contribution < -0.4 is 5.32 Å². The predicted octanol–water partition coefficient (Wildman–Crippen LogP) is 2.92. The Morgan fingerprint density at radius 2 is 1.80 bits per heavy atom. The molecule has 1 amide bonds. The van der Waals surface area contributed by atoms with E-state index in [1.807, 2.05) is 61.5 Å². The number of benzene rings is 2. The average molecular weight is 264 g/mol. The van der Waals surface area contributed by atoms with Crippen LogP contribution in [-0.2, 0) is 11.3 Å². The number of aryl methyl sites for hydroxylation is 1. The number of hydrogen-bond donors (Lipinski definition) is 1. The maximum atomic E-state index is 12.1. The number of nitrogens with one attached hydrogen (secondary N) is 1. The van der Waals surface area contributed by atoms with Crippen LogP contribution in [0.25, 0.3) is 0 Å². The summed E-state index contributed by atoms with van der Waals surface area (Å²) in [7, 11) is 0. The smallest absolute Gasteiger partial charge is 0.242 e. The van der Waals surface area contributed by atoms with Gasteiger partial charge in [0.1, 0.15) is 5.92 Å². The molecule has 0 fully saturated rings. The number of carbonyl (C=O) groups is 1. The Balaban J connectivity index is 2.03. The lowest BCUT2D eigenvalue weighted by Gasteiger charge is -2.11. The van der Waals surface area contributed by atoms with Crippen LogP contribution in [0.3, 0.4) is 0 Å². The SMILES string of the molecule is Cc1ccc(C(C#N)C(=O)NCc2ccccc2)cc1. The highest BCUT2D eigenvalue weighted by Crippen LogP contribution is 2.16. The van der Waals surface area contributed by atoms with Crippen molar-refractivity contribution in [1.29, 1.82) is 5.26 Å². The van der Waals surface area contributed by atoms with E-state index in [1.165, 1.54) is 0 Å². The van der Waals surface area contributed by atoms with E-state index in [0.29, 0.717) is 6.54 Å². The van der Waals surface area contributed by atoms with Gasteiger partial charge in [0.2, 0.25) is 5.91 Å². The molecule has 0 radical (unpaired) electrons. The van der Waals surface area contributed by atoms with Crippen molar-refractivity contribution in [2.75, 3.05) is 0 Å². The molecule has 2 rings (SSSR count). The van der Waals surface area contributed by atoms with Crippen LogP contribution in [0.4, 0.5) is 0 Å². The summed E-state index contributed by atoms with van der Waals surface area (Å²) in [6, 6.07) is 19.2. The van der Waals surface area contributed by atoms with Gasteiger partial charge in [0.25, 0.3) is 0 Å². The molecule has 1 atom stereocenters. The van der Waals surface area contributed by atoms with Crippen molar-refractivity contribution in [2.45, 2.75) is 19.4 Å². The summed E-state index contributed by atoms with van der Waals surface area (Å²) in [6.07, 6.45) is 0. The number of carbonyl (C=O) groups excluding carboxylic acids is 1. The first kappa shape index (κ1) is 13.8. The lowest BCUT2D eigenvalue weighted by atomic mass is 9.98.